The summed E-state index contributed by atoms with van der Waals surface area (Å²) in [5, 5.41) is 2.21. The van der Waals surface area contributed by atoms with Crippen molar-refractivity contribution in [3.05, 3.63) is 35.1 Å². The Labute approximate surface area is 115 Å². The topological polar surface area (TPSA) is 66.5 Å². The lowest BCUT2D eigenvalue weighted by Crippen LogP contribution is -2.59. The van der Waals surface area contributed by atoms with Gasteiger partial charge in [0.15, 0.2) is 0 Å². The molecule has 5 nitrogen and oxygen atoms in total. The van der Waals surface area contributed by atoms with Crippen LogP contribution in [0.5, 0.6) is 0 Å². The highest BCUT2D eigenvalue weighted by Gasteiger charge is 2.36. The van der Waals surface area contributed by atoms with Crippen molar-refractivity contribution in [3.63, 3.8) is 0 Å². The maximum Gasteiger partial charge on any atom is 0.255 e. The molecule has 2 rings (SSSR count). The Morgan fingerprint density at radius 3 is 2.75 bits per heavy atom. The highest BCUT2D eigenvalue weighted by molar-refractivity contribution is 6.07. The maximum absolute atomic E-state index is 13.1. The van der Waals surface area contributed by atoms with Crippen molar-refractivity contribution in [1.29, 1.82) is 0 Å². The van der Waals surface area contributed by atoms with Crippen molar-refractivity contribution in [2.45, 2.75) is 26.3 Å². The molecule has 1 aliphatic heterocycles. The van der Waals surface area contributed by atoms with E-state index in [4.69, 9.17) is 0 Å². The molecule has 1 aliphatic rings. The molecule has 1 atom stereocenters. The lowest BCUT2D eigenvalue weighted by Gasteiger charge is -2.33. The zero-order chi connectivity index (χ0) is 14.9. The molecule has 0 aliphatic carbocycles. The smallest absolute Gasteiger partial charge is 0.255 e. The summed E-state index contributed by atoms with van der Waals surface area (Å²) >= 11 is 0. The number of aryl methyl sites for hydroxylation is 1. The lowest BCUT2D eigenvalue weighted by molar-refractivity contribution is -0.138. The van der Waals surface area contributed by atoms with Crippen molar-refractivity contribution in [2.24, 2.45) is 0 Å². The second-order valence-electron chi connectivity index (χ2n) is 4.73. The molecular formula is C14H15FN2O3. The van der Waals surface area contributed by atoms with E-state index in [1.165, 1.54) is 23.1 Å². The molecule has 1 heterocycles. The number of hydrogen-bond donors (Lipinski definition) is 1. The van der Waals surface area contributed by atoms with Crippen LogP contribution in [0.25, 0.3) is 0 Å². The van der Waals surface area contributed by atoms with Crippen LogP contribution in [0, 0.1) is 12.7 Å². The summed E-state index contributed by atoms with van der Waals surface area (Å²) in [5.74, 6) is -1.85. The van der Waals surface area contributed by atoms with Crippen molar-refractivity contribution >= 4 is 17.7 Å². The fourth-order valence-electron chi connectivity index (χ4n) is 2.31. The first-order valence-corrected chi connectivity index (χ1v) is 6.35. The summed E-state index contributed by atoms with van der Waals surface area (Å²) in [4.78, 5) is 36.9. The van der Waals surface area contributed by atoms with E-state index in [1.54, 1.807) is 13.8 Å². The van der Waals surface area contributed by atoms with Gasteiger partial charge in [0, 0.05) is 5.56 Å². The molecule has 1 aromatic carbocycles. The third-order valence-corrected chi connectivity index (χ3v) is 3.32. The molecule has 0 aromatic heterocycles. The lowest BCUT2D eigenvalue weighted by atomic mass is 10.0. The standard InChI is InChI=1S/C14H15FN2O3/c1-3-11-13(19)16-12(18)7-17(11)14(20)10-5-4-9(15)6-8(10)2/h4-6,11H,3,7H2,1-2H3,(H,16,18,19). The SMILES string of the molecule is CCC1C(=O)NC(=O)CN1C(=O)c1ccc(F)cc1C. The predicted molar refractivity (Wildman–Crippen MR) is 69.4 cm³/mol. The van der Waals surface area contributed by atoms with E-state index < -0.39 is 29.6 Å². The number of nitrogens with zero attached hydrogens (tertiary/aromatic N) is 1. The van der Waals surface area contributed by atoms with Crippen LogP contribution in [0.1, 0.15) is 29.3 Å². The summed E-state index contributed by atoms with van der Waals surface area (Å²) < 4.78 is 13.1. The summed E-state index contributed by atoms with van der Waals surface area (Å²) in [6.07, 6.45) is 0.408. The van der Waals surface area contributed by atoms with E-state index in [1.807, 2.05) is 0 Å². The third-order valence-electron chi connectivity index (χ3n) is 3.32. The van der Waals surface area contributed by atoms with Gasteiger partial charge in [-0.15, -0.1) is 0 Å². The number of piperazine rings is 1. The quantitative estimate of drug-likeness (QED) is 0.821. The molecule has 106 valence electrons. The Morgan fingerprint density at radius 1 is 1.45 bits per heavy atom. The Kier molecular flexibility index (Phi) is 3.83. The van der Waals surface area contributed by atoms with E-state index in [0.29, 0.717) is 17.5 Å². The Morgan fingerprint density at radius 2 is 2.15 bits per heavy atom. The number of nitrogens with one attached hydrogen (secondary N) is 1. The van der Waals surface area contributed by atoms with Crippen LogP contribution in [0.15, 0.2) is 18.2 Å². The van der Waals surface area contributed by atoms with Crippen LogP contribution >= 0.6 is 0 Å². The first-order chi connectivity index (χ1) is 9.43. The molecule has 6 heteroatoms. The average molecular weight is 278 g/mol. The van der Waals surface area contributed by atoms with E-state index in [-0.39, 0.29) is 6.54 Å². The summed E-state index contributed by atoms with van der Waals surface area (Å²) in [6, 6.07) is 3.13. The van der Waals surface area contributed by atoms with Crippen LogP contribution in [-0.2, 0) is 9.59 Å². The predicted octanol–water partition coefficient (Wildman–Crippen LogP) is 1.01. The average Bonchev–Trinajstić information content (AvgIpc) is 2.37. The molecule has 1 saturated heterocycles. The largest absolute Gasteiger partial charge is 0.317 e. The Balaban J connectivity index is 2.34. The zero-order valence-corrected chi connectivity index (χ0v) is 11.3. The minimum absolute atomic E-state index is 0.167. The number of benzene rings is 1. The number of carbonyl (C=O) groups is 3. The monoisotopic (exact) mass is 278 g/mol. The molecule has 1 fully saturated rings. The third kappa shape index (κ3) is 2.54. The normalized spacial score (nSPS) is 18.9. The molecule has 1 N–H and O–H groups in total. The molecular weight excluding hydrogens is 263 g/mol. The minimum Gasteiger partial charge on any atom is -0.317 e. The van der Waals surface area contributed by atoms with Gasteiger partial charge in [-0.05, 0) is 37.1 Å². The van der Waals surface area contributed by atoms with Gasteiger partial charge in [0.2, 0.25) is 11.8 Å². The van der Waals surface area contributed by atoms with Gasteiger partial charge >= 0.3 is 0 Å². The molecule has 0 radical (unpaired) electrons. The fourth-order valence-corrected chi connectivity index (χ4v) is 2.31. The molecule has 1 unspecified atom stereocenters. The van der Waals surface area contributed by atoms with E-state index in [9.17, 15) is 18.8 Å². The van der Waals surface area contributed by atoms with E-state index in [2.05, 4.69) is 5.32 Å². The Bertz CT molecular complexity index is 586. The van der Waals surface area contributed by atoms with E-state index in [0.717, 1.165) is 0 Å². The van der Waals surface area contributed by atoms with Gasteiger partial charge in [0.05, 0.1) is 0 Å². The van der Waals surface area contributed by atoms with Gasteiger partial charge in [0.1, 0.15) is 18.4 Å². The van der Waals surface area contributed by atoms with Gasteiger partial charge in [0.25, 0.3) is 5.91 Å². The molecule has 3 amide bonds. The number of hydrogen-bond acceptors (Lipinski definition) is 3. The molecule has 0 bridgehead atoms. The summed E-state index contributed by atoms with van der Waals surface area (Å²) in [6.45, 7) is 3.21. The van der Waals surface area contributed by atoms with E-state index >= 15 is 0 Å². The maximum atomic E-state index is 13.1. The number of amides is 3. The van der Waals surface area contributed by atoms with Crippen molar-refractivity contribution < 1.29 is 18.8 Å². The second kappa shape index (κ2) is 5.40. The highest BCUT2D eigenvalue weighted by atomic mass is 19.1. The van der Waals surface area contributed by atoms with Gasteiger partial charge in [-0.25, -0.2) is 4.39 Å². The van der Waals surface area contributed by atoms with Crippen molar-refractivity contribution in [3.8, 4) is 0 Å². The first kappa shape index (κ1) is 14.2. The highest BCUT2D eigenvalue weighted by Crippen LogP contribution is 2.17. The van der Waals surface area contributed by atoms with Gasteiger partial charge in [-0.3, -0.25) is 19.7 Å². The number of rotatable bonds is 2. The fraction of sp³-hybridized carbons (Fsp3) is 0.357. The van der Waals surface area contributed by atoms with Crippen LogP contribution in [-0.4, -0.2) is 35.2 Å². The summed E-state index contributed by atoms with van der Waals surface area (Å²) in [7, 11) is 0. The second-order valence-corrected chi connectivity index (χ2v) is 4.73. The van der Waals surface area contributed by atoms with Gasteiger partial charge in [-0.2, -0.15) is 0 Å². The number of imide groups is 1. The number of carbonyl (C=O) groups excluding carboxylic acids is 3. The molecule has 1 aromatic rings. The Hall–Kier alpha value is -2.24. The van der Waals surface area contributed by atoms with Crippen molar-refractivity contribution in [2.75, 3.05) is 6.54 Å². The first-order valence-electron chi connectivity index (χ1n) is 6.35. The molecule has 0 saturated carbocycles. The van der Waals surface area contributed by atoms with Gasteiger partial charge in [-0.1, -0.05) is 6.92 Å². The minimum atomic E-state index is -0.676. The van der Waals surface area contributed by atoms with Gasteiger partial charge < -0.3 is 4.90 Å². The molecule has 0 spiro atoms. The number of halogens is 1. The van der Waals surface area contributed by atoms with Crippen LogP contribution in [0.3, 0.4) is 0 Å². The summed E-state index contributed by atoms with van der Waals surface area (Å²) in [5.41, 5.74) is 0.774. The molecule has 20 heavy (non-hydrogen) atoms. The zero-order valence-electron chi connectivity index (χ0n) is 11.3. The van der Waals surface area contributed by atoms with Crippen LogP contribution in [0.2, 0.25) is 0 Å². The van der Waals surface area contributed by atoms with Crippen LogP contribution < -0.4 is 5.32 Å². The van der Waals surface area contributed by atoms with Crippen molar-refractivity contribution in [1.82, 2.24) is 10.2 Å². The van der Waals surface area contributed by atoms with Crippen LogP contribution in [0.4, 0.5) is 4.39 Å².